The molecule has 7 heteroatoms. The third-order valence-electron chi connectivity index (χ3n) is 4.49. The molecule has 0 atom stereocenters. The van der Waals surface area contributed by atoms with Crippen molar-refractivity contribution >= 4 is 34.1 Å². The summed E-state index contributed by atoms with van der Waals surface area (Å²) < 4.78 is 6.97. The first-order valence-electron chi connectivity index (χ1n) is 8.59. The summed E-state index contributed by atoms with van der Waals surface area (Å²) in [5.41, 5.74) is 2.93. The third kappa shape index (κ3) is 3.30. The van der Waals surface area contributed by atoms with E-state index in [1.165, 1.54) is 6.07 Å². The highest BCUT2D eigenvalue weighted by atomic mass is 35.5. The molecule has 0 spiro atoms. The molecule has 0 saturated heterocycles. The van der Waals surface area contributed by atoms with Gasteiger partial charge in [0.15, 0.2) is 0 Å². The number of aryl methyl sites for hydroxylation is 1. The van der Waals surface area contributed by atoms with Crippen molar-refractivity contribution in [3.8, 4) is 17.0 Å². The van der Waals surface area contributed by atoms with Crippen LogP contribution < -0.4 is 15.6 Å². The van der Waals surface area contributed by atoms with Crippen molar-refractivity contribution in [1.29, 1.82) is 0 Å². The fraction of sp³-hybridized carbons (Fsp3) is 0.0952. The van der Waals surface area contributed by atoms with Crippen molar-refractivity contribution in [1.82, 2.24) is 14.5 Å². The number of hydrogen-bond donors (Lipinski definition) is 1. The molecule has 0 amide bonds. The molecule has 0 saturated carbocycles. The Labute approximate surface area is 166 Å². The second-order valence-electron chi connectivity index (χ2n) is 6.21. The van der Waals surface area contributed by atoms with E-state index in [1.807, 2.05) is 48.5 Å². The molecule has 140 valence electrons. The number of ether oxygens (including phenoxy) is 1. The monoisotopic (exact) mass is 392 g/mol. The first-order valence-corrected chi connectivity index (χ1v) is 8.97. The largest absolute Gasteiger partial charge is 0.496 e. The standard InChI is InChI=1S/C21H17ClN4O2/c1-26-18-11-13(7-8-14(18)16(22)12-20(26)27)24-21-23-10-9-17(25-21)15-5-3-4-6-19(15)28-2/h3-12H,1-2H3,(H,23,24,25). The van der Waals surface area contributed by atoms with Gasteiger partial charge in [0.05, 0.1) is 23.3 Å². The number of anilines is 2. The molecule has 4 rings (SSSR count). The smallest absolute Gasteiger partial charge is 0.252 e. The molecule has 1 N–H and O–H groups in total. The number of nitrogens with zero attached hydrogens (tertiary/aromatic N) is 3. The molecule has 2 aromatic carbocycles. The van der Waals surface area contributed by atoms with E-state index in [-0.39, 0.29) is 5.56 Å². The number of hydrogen-bond acceptors (Lipinski definition) is 5. The van der Waals surface area contributed by atoms with E-state index < -0.39 is 0 Å². The second-order valence-corrected chi connectivity index (χ2v) is 6.62. The summed E-state index contributed by atoms with van der Waals surface area (Å²) in [7, 11) is 3.34. The van der Waals surface area contributed by atoms with Gasteiger partial charge in [-0.3, -0.25) is 4.79 Å². The average molecular weight is 393 g/mol. The van der Waals surface area contributed by atoms with E-state index >= 15 is 0 Å². The minimum absolute atomic E-state index is 0.163. The highest BCUT2D eigenvalue weighted by Crippen LogP contribution is 2.29. The first-order chi connectivity index (χ1) is 13.6. The molecule has 6 nitrogen and oxygen atoms in total. The summed E-state index contributed by atoms with van der Waals surface area (Å²) in [4.78, 5) is 20.9. The summed E-state index contributed by atoms with van der Waals surface area (Å²) in [5, 5.41) is 4.42. The SMILES string of the molecule is COc1ccccc1-c1ccnc(Nc2ccc3c(Cl)cc(=O)n(C)c3c2)n1. The van der Waals surface area contributed by atoms with Crippen molar-refractivity contribution in [2.24, 2.45) is 7.05 Å². The minimum Gasteiger partial charge on any atom is -0.496 e. The van der Waals surface area contributed by atoms with Crippen molar-refractivity contribution in [2.75, 3.05) is 12.4 Å². The van der Waals surface area contributed by atoms with Gasteiger partial charge in [0.2, 0.25) is 5.95 Å². The number of pyridine rings is 1. The van der Waals surface area contributed by atoms with Crippen LogP contribution in [0.15, 0.2) is 65.6 Å². The second kappa shape index (κ2) is 7.32. The number of methoxy groups -OCH3 is 1. The van der Waals surface area contributed by atoms with Gasteiger partial charge in [0, 0.05) is 35.9 Å². The molecule has 0 aliphatic heterocycles. The van der Waals surface area contributed by atoms with E-state index in [0.717, 1.165) is 33.6 Å². The van der Waals surface area contributed by atoms with Crippen molar-refractivity contribution in [3.63, 3.8) is 0 Å². The van der Waals surface area contributed by atoms with Gasteiger partial charge in [-0.1, -0.05) is 23.7 Å². The van der Waals surface area contributed by atoms with Gasteiger partial charge in [-0.2, -0.15) is 0 Å². The molecule has 0 unspecified atom stereocenters. The fourth-order valence-corrected chi connectivity index (χ4v) is 3.30. The summed E-state index contributed by atoms with van der Waals surface area (Å²) in [6.45, 7) is 0. The van der Waals surface area contributed by atoms with Gasteiger partial charge in [-0.05, 0) is 36.4 Å². The minimum atomic E-state index is -0.163. The molecule has 2 aromatic heterocycles. The van der Waals surface area contributed by atoms with Gasteiger partial charge >= 0.3 is 0 Å². The predicted molar refractivity (Wildman–Crippen MR) is 112 cm³/mol. The Balaban J connectivity index is 1.72. The lowest BCUT2D eigenvalue weighted by Crippen LogP contribution is -2.15. The van der Waals surface area contributed by atoms with Crippen LogP contribution in [0.1, 0.15) is 0 Å². The van der Waals surface area contributed by atoms with Crippen LogP contribution in [0.3, 0.4) is 0 Å². The van der Waals surface area contributed by atoms with Crippen LogP contribution >= 0.6 is 11.6 Å². The topological polar surface area (TPSA) is 69.0 Å². The predicted octanol–water partition coefficient (Wildman–Crippen LogP) is 4.40. The van der Waals surface area contributed by atoms with Crippen molar-refractivity contribution in [2.45, 2.75) is 0 Å². The molecule has 2 heterocycles. The van der Waals surface area contributed by atoms with E-state index in [4.69, 9.17) is 16.3 Å². The van der Waals surface area contributed by atoms with Gasteiger partial charge in [0.1, 0.15) is 5.75 Å². The van der Waals surface area contributed by atoms with E-state index in [1.54, 1.807) is 24.9 Å². The Morgan fingerprint density at radius 2 is 1.93 bits per heavy atom. The van der Waals surface area contributed by atoms with Crippen LogP contribution in [0.4, 0.5) is 11.6 Å². The maximum absolute atomic E-state index is 12.0. The lowest BCUT2D eigenvalue weighted by molar-refractivity contribution is 0.416. The van der Waals surface area contributed by atoms with Crippen LogP contribution in [0.2, 0.25) is 5.02 Å². The molecule has 0 aliphatic carbocycles. The maximum Gasteiger partial charge on any atom is 0.252 e. The van der Waals surface area contributed by atoms with Crippen LogP contribution in [0, 0.1) is 0 Å². The highest BCUT2D eigenvalue weighted by Gasteiger charge is 2.09. The molecule has 28 heavy (non-hydrogen) atoms. The van der Waals surface area contributed by atoms with Crippen LogP contribution in [0.25, 0.3) is 22.2 Å². The van der Waals surface area contributed by atoms with Crippen LogP contribution in [-0.4, -0.2) is 21.6 Å². The fourth-order valence-electron chi connectivity index (χ4n) is 3.04. The first kappa shape index (κ1) is 18.0. The number of halogens is 1. The average Bonchev–Trinajstić information content (AvgIpc) is 2.72. The van der Waals surface area contributed by atoms with E-state index in [0.29, 0.717) is 11.0 Å². The number of aromatic nitrogens is 3. The molecule has 0 fully saturated rings. The van der Waals surface area contributed by atoms with Crippen LogP contribution in [-0.2, 0) is 7.05 Å². The lowest BCUT2D eigenvalue weighted by Gasteiger charge is -2.11. The molecule has 0 bridgehead atoms. The van der Waals surface area contributed by atoms with E-state index in [9.17, 15) is 4.79 Å². The number of rotatable bonds is 4. The summed E-state index contributed by atoms with van der Waals surface area (Å²) in [6.07, 6.45) is 1.69. The van der Waals surface area contributed by atoms with Gasteiger partial charge in [0.25, 0.3) is 5.56 Å². The highest BCUT2D eigenvalue weighted by molar-refractivity contribution is 6.35. The Kier molecular flexibility index (Phi) is 4.71. The zero-order valence-electron chi connectivity index (χ0n) is 15.3. The molecular weight excluding hydrogens is 376 g/mol. The van der Waals surface area contributed by atoms with E-state index in [2.05, 4.69) is 15.3 Å². The Morgan fingerprint density at radius 3 is 2.75 bits per heavy atom. The zero-order valence-corrected chi connectivity index (χ0v) is 16.1. The normalized spacial score (nSPS) is 10.8. The van der Waals surface area contributed by atoms with Gasteiger partial charge in [-0.25, -0.2) is 9.97 Å². The molecule has 0 radical (unpaired) electrons. The Bertz CT molecular complexity index is 1240. The van der Waals surface area contributed by atoms with Gasteiger partial charge < -0.3 is 14.6 Å². The lowest BCUT2D eigenvalue weighted by atomic mass is 10.1. The number of benzene rings is 2. The summed E-state index contributed by atoms with van der Waals surface area (Å²) >= 11 is 6.19. The third-order valence-corrected chi connectivity index (χ3v) is 4.80. The Morgan fingerprint density at radius 1 is 1.11 bits per heavy atom. The van der Waals surface area contributed by atoms with Crippen molar-refractivity contribution < 1.29 is 4.74 Å². The molecular formula is C21H17ClN4O2. The van der Waals surface area contributed by atoms with Crippen molar-refractivity contribution in [3.05, 3.63) is 76.2 Å². The zero-order chi connectivity index (χ0) is 19.7. The van der Waals surface area contributed by atoms with Crippen LogP contribution in [0.5, 0.6) is 5.75 Å². The summed E-state index contributed by atoms with van der Waals surface area (Å²) in [6, 6.07) is 16.5. The molecule has 0 aliphatic rings. The summed E-state index contributed by atoms with van der Waals surface area (Å²) in [5.74, 6) is 1.18. The quantitative estimate of drug-likeness (QED) is 0.557. The number of fused-ring (bicyclic) bond motifs is 1. The molecule has 4 aromatic rings. The maximum atomic E-state index is 12.0. The number of para-hydroxylation sites is 1. The number of nitrogens with one attached hydrogen (secondary N) is 1. The Hall–Kier alpha value is -3.38. The van der Waals surface area contributed by atoms with Gasteiger partial charge in [-0.15, -0.1) is 0 Å².